The number of hydrogen-bond acceptors (Lipinski definition) is 14. The summed E-state index contributed by atoms with van der Waals surface area (Å²) in [5.41, 5.74) is 0.732. The van der Waals surface area contributed by atoms with Gasteiger partial charge in [0.2, 0.25) is 0 Å². The van der Waals surface area contributed by atoms with Crippen LogP contribution in [0.15, 0.2) is 11.6 Å². The predicted octanol–water partition coefficient (Wildman–Crippen LogP) is 0.333. The average molecular weight is 755 g/mol. The van der Waals surface area contributed by atoms with Gasteiger partial charge in [0.25, 0.3) is 0 Å². The highest BCUT2D eigenvalue weighted by Gasteiger charge is 2.71. The molecule has 14 nitrogen and oxygen atoms in total. The van der Waals surface area contributed by atoms with E-state index in [9.17, 15) is 40.9 Å². The molecule has 0 bridgehead atoms. The molecule has 0 radical (unpaired) electrons. The van der Waals surface area contributed by atoms with E-state index in [0.717, 1.165) is 32.1 Å². The van der Waals surface area contributed by atoms with Crippen LogP contribution in [0.4, 0.5) is 0 Å². The Bertz CT molecular complexity index is 1360. The Morgan fingerprint density at radius 2 is 1.60 bits per heavy atom. The summed E-state index contributed by atoms with van der Waals surface area (Å²) in [5, 5.41) is 85.9. The van der Waals surface area contributed by atoms with Gasteiger partial charge in [0.05, 0.1) is 44.2 Å². The molecule has 53 heavy (non-hydrogen) atoms. The van der Waals surface area contributed by atoms with Crippen LogP contribution in [-0.2, 0) is 28.4 Å². The zero-order valence-electron chi connectivity index (χ0n) is 31.4. The first kappa shape index (κ1) is 39.0. The van der Waals surface area contributed by atoms with E-state index in [1.54, 1.807) is 0 Å². The smallest absolute Gasteiger partial charge is 0.187 e. The van der Waals surface area contributed by atoms with Gasteiger partial charge in [0, 0.05) is 18.3 Å². The molecule has 4 aliphatic carbocycles. The van der Waals surface area contributed by atoms with Crippen LogP contribution in [0, 0.1) is 46.3 Å². The van der Waals surface area contributed by atoms with Gasteiger partial charge in [-0.25, -0.2) is 0 Å². The van der Waals surface area contributed by atoms with Crippen LogP contribution in [0.1, 0.15) is 79.1 Å². The van der Waals surface area contributed by atoms with Gasteiger partial charge in [-0.3, -0.25) is 0 Å². The molecule has 4 heterocycles. The lowest BCUT2D eigenvalue weighted by Crippen LogP contribution is -2.64. The Morgan fingerprint density at radius 1 is 0.830 bits per heavy atom. The Hall–Kier alpha value is -0.820. The highest BCUT2D eigenvalue weighted by molar-refractivity contribution is 5.28. The molecular formula is C39H62O14. The SMILES string of the molecule is CC1CCC2(OC1)OC1CC3C4CC=C5CC(OC6OC(CO)C(O)C(O)C6OC6OC(C)C(O)C(O)C6O)CCC5(C)C4C(O)CC3(C)C1C2CO. The van der Waals surface area contributed by atoms with Gasteiger partial charge < -0.3 is 69.3 Å². The molecule has 0 aromatic carbocycles. The Labute approximate surface area is 311 Å². The normalized spacial score (nSPS) is 58.0. The maximum Gasteiger partial charge on any atom is 0.187 e. The number of hydrogen-bond donors (Lipinski definition) is 8. The summed E-state index contributed by atoms with van der Waals surface area (Å²) in [4.78, 5) is 0. The van der Waals surface area contributed by atoms with Crippen LogP contribution >= 0.6 is 0 Å². The van der Waals surface area contributed by atoms with E-state index in [4.69, 9.17) is 28.4 Å². The molecule has 8 N–H and O–H groups in total. The first-order chi connectivity index (χ1) is 25.2. The number of rotatable bonds is 6. The van der Waals surface area contributed by atoms with Gasteiger partial charge in [-0.15, -0.1) is 0 Å². The lowest BCUT2D eigenvalue weighted by molar-refractivity contribution is -0.369. The third-order valence-corrected chi connectivity index (χ3v) is 15.5. The fourth-order valence-electron chi connectivity index (χ4n) is 12.7. The predicted molar refractivity (Wildman–Crippen MR) is 184 cm³/mol. The van der Waals surface area contributed by atoms with Crippen LogP contribution in [0.25, 0.3) is 0 Å². The van der Waals surface area contributed by atoms with Crippen LogP contribution in [-0.4, -0.2) is 146 Å². The molecule has 3 saturated carbocycles. The second-order valence-electron chi connectivity index (χ2n) is 18.4. The maximum atomic E-state index is 12.2. The van der Waals surface area contributed by atoms with Gasteiger partial charge in [0.1, 0.15) is 42.7 Å². The average Bonchev–Trinajstić information content (AvgIpc) is 3.59. The van der Waals surface area contributed by atoms with Crippen LogP contribution < -0.4 is 0 Å². The minimum atomic E-state index is -1.65. The van der Waals surface area contributed by atoms with Gasteiger partial charge in [-0.1, -0.05) is 32.4 Å². The number of fused-ring (bicyclic) bond motifs is 7. The Balaban J connectivity index is 0.988. The maximum absolute atomic E-state index is 12.2. The molecule has 0 aromatic rings. The molecule has 4 saturated heterocycles. The third kappa shape index (κ3) is 6.12. The largest absolute Gasteiger partial charge is 0.396 e. The molecule has 22 atom stereocenters. The first-order valence-corrected chi connectivity index (χ1v) is 20.1. The molecule has 7 fully saturated rings. The van der Waals surface area contributed by atoms with E-state index in [0.29, 0.717) is 37.7 Å². The first-order valence-electron chi connectivity index (χ1n) is 20.1. The van der Waals surface area contributed by atoms with Crippen molar-refractivity contribution in [3.05, 3.63) is 11.6 Å². The van der Waals surface area contributed by atoms with Gasteiger partial charge in [-0.2, -0.15) is 0 Å². The molecule has 4 aliphatic heterocycles. The van der Waals surface area contributed by atoms with Crippen molar-refractivity contribution < 1.29 is 69.3 Å². The van der Waals surface area contributed by atoms with Crippen molar-refractivity contribution in [3.63, 3.8) is 0 Å². The van der Waals surface area contributed by atoms with Gasteiger partial charge >= 0.3 is 0 Å². The van der Waals surface area contributed by atoms with Crippen LogP contribution in [0.2, 0.25) is 0 Å². The standard InChI is InChI=1S/C39H62O14/c1-17-7-10-39(48-16-17)23(14-40)28-25(53-39)12-22-21-6-5-19-11-20(8-9-37(19,3)27(21)24(42)13-38(22,28)4)50-36-34(32(46)30(44)26(15-41)51-36)52-35-33(47)31(45)29(43)18(2)49-35/h5,17-18,20-36,40-47H,6-16H2,1-4H3. The summed E-state index contributed by atoms with van der Waals surface area (Å²) in [6.45, 7) is 8.35. The molecule has 0 aromatic heterocycles. The molecule has 22 unspecified atom stereocenters. The lowest BCUT2D eigenvalue weighted by Gasteiger charge is -2.60. The summed E-state index contributed by atoms with van der Waals surface area (Å²) < 4.78 is 37.3. The number of allylic oxidation sites excluding steroid dienone is 1. The fourth-order valence-corrected chi connectivity index (χ4v) is 12.7. The summed E-state index contributed by atoms with van der Waals surface area (Å²) >= 11 is 0. The summed E-state index contributed by atoms with van der Waals surface area (Å²) in [6.07, 6.45) is -6.33. The number of ether oxygens (including phenoxy) is 6. The third-order valence-electron chi connectivity index (χ3n) is 15.5. The Morgan fingerprint density at radius 3 is 2.30 bits per heavy atom. The fraction of sp³-hybridized carbons (Fsp3) is 0.949. The topological polar surface area (TPSA) is 217 Å². The minimum absolute atomic E-state index is 0.00924. The van der Waals surface area contributed by atoms with Crippen LogP contribution in [0.5, 0.6) is 0 Å². The molecular weight excluding hydrogens is 692 g/mol. The molecule has 1 spiro atoms. The molecule has 302 valence electrons. The van der Waals surface area contributed by atoms with Crippen molar-refractivity contribution in [2.75, 3.05) is 19.8 Å². The minimum Gasteiger partial charge on any atom is -0.396 e. The molecule has 8 rings (SSSR count). The van der Waals surface area contributed by atoms with Crippen molar-refractivity contribution in [2.24, 2.45) is 46.3 Å². The van der Waals surface area contributed by atoms with Crippen molar-refractivity contribution in [2.45, 2.75) is 165 Å². The van der Waals surface area contributed by atoms with Crippen molar-refractivity contribution >= 4 is 0 Å². The lowest BCUT2D eigenvalue weighted by atomic mass is 9.46. The van der Waals surface area contributed by atoms with E-state index in [2.05, 4.69) is 26.8 Å². The second kappa shape index (κ2) is 14.2. The van der Waals surface area contributed by atoms with E-state index in [-0.39, 0.29) is 53.3 Å². The quantitative estimate of drug-likeness (QED) is 0.172. The summed E-state index contributed by atoms with van der Waals surface area (Å²) in [5.74, 6) is 0.355. The van der Waals surface area contributed by atoms with Crippen molar-refractivity contribution in [3.8, 4) is 0 Å². The number of aliphatic hydroxyl groups excluding tert-OH is 8. The van der Waals surface area contributed by atoms with Gasteiger partial charge in [-0.05, 0) is 86.4 Å². The van der Waals surface area contributed by atoms with E-state index >= 15 is 0 Å². The number of aliphatic hydroxyl groups is 8. The van der Waals surface area contributed by atoms with E-state index in [1.807, 2.05) is 0 Å². The zero-order valence-corrected chi connectivity index (χ0v) is 31.4. The molecule has 14 heteroatoms. The zero-order chi connectivity index (χ0) is 37.8. The highest BCUT2D eigenvalue weighted by Crippen LogP contribution is 2.70. The van der Waals surface area contributed by atoms with Crippen molar-refractivity contribution in [1.29, 1.82) is 0 Å². The summed E-state index contributed by atoms with van der Waals surface area (Å²) in [6, 6.07) is 0. The van der Waals surface area contributed by atoms with Crippen molar-refractivity contribution in [1.82, 2.24) is 0 Å². The summed E-state index contributed by atoms with van der Waals surface area (Å²) in [7, 11) is 0. The molecule has 8 aliphatic rings. The Kier molecular flexibility index (Phi) is 10.5. The van der Waals surface area contributed by atoms with Gasteiger partial charge in [0.15, 0.2) is 18.4 Å². The second-order valence-corrected chi connectivity index (χ2v) is 18.4. The van der Waals surface area contributed by atoms with Crippen LogP contribution in [0.3, 0.4) is 0 Å². The van der Waals surface area contributed by atoms with E-state index < -0.39 is 79.9 Å². The highest BCUT2D eigenvalue weighted by atomic mass is 16.8. The molecule has 0 amide bonds. The van der Waals surface area contributed by atoms with E-state index in [1.165, 1.54) is 12.5 Å². The monoisotopic (exact) mass is 754 g/mol.